The van der Waals surface area contributed by atoms with E-state index in [9.17, 15) is 0 Å². The maximum atomic E-state index is 8.80. The highest BCUT2D eigenvalue weighted by Crippen LogP contribution is 2.36. The monoisotopic (exact) mass is 151 g/mol. The van der Waals surface area contributed by atoms with Crippen molar-refractivity contribution in [2.24, 2.45) is 11.8 Å². The molecule has 0 heterocycles. The van der Waals surface area contributed by atoms with E-state index in [-0.39, 0.29) is 5.92 Å². The molecule has 1 aliphatic carbocycles. The van der Waals surface area contributed by atoms with E-state index in [1.54, 1.807) is 0 Å². The Morgan fingerprint density at radius 2 is 2.18 bits per heavy atom. The summed E-state index contributed by atoms with van der Waals surface area (Å²) < 4.78 is 0. The van der Waals surface area contributed by atoms with Crippen LogP contribution < -0.4 is 5.73 Å². The van der Waals surface area contributed by atoms with Gasteiger partial charge in [-0.2, -0.15) is 5.26 Å². The summed E-state index contributed by atoms with van der Waals surface area (Å²) in [5.41, 5.74) is 7.05. The molecule has 1 rings (SSSR count). The molecular formula is C9H15N2. The van der Waals surface area contributed by atoms with E-state index < -0.39 is 5.54 Å². The molecule has 2 nitrogen and oxygen atoms in total. The molecule has 1 radical (unpaired) electrons. The maximum absolute atomic E-state index is 8.80. The molecule has 1 saturated carbocycles. The molecule has 0 spiro atoms. The van der Waals surface area contributed by atoms with Gasteiger partial charge in [-0.3, -0.25) is 0 Å². The van der Waals surface area contributed by atoms with Crippen LogP contribution in [-0.4, -0.2) is 5.54 Å². The van der Waals surface area contributed by atoms with Crippen LogP contribution in [0.2, 0.25) is 0 Å². The minimum atomic E-state index is -0.794. The van der Waals surface area contributed by atoms with Crippen LogP contribution in [0.1, 0.15) is 33.1 Å². The summed E-state index contributed by atoms with van der Waals surface area (Å²) in [5, 5.41) is 8.80. The highest BCUT2D eigenvalue weighted by Gasteiger charge is 2.38. The third-order valence-corrected chi connectivity index (χ3v) is 3.06. The second kappa shape index (κ2) is 2.83. The average molecular weight is 151 g/mol. The minimum absolute atomic E-state index is 0.237. The Bertz CT molecular complexity index is 182. The van der Waals surface area contributed by atoms with Crippen molar-refractivity contribution in [2.45, 2.75) is 38.6 Å². The van der Waals surface area contributed by atoms with Gasteiger partial charge in [0, 0.05) is 0 Å². The first-order valence-electron chi connectivity index (χ1n) is 4.26. The van der Waals surface area contributed by atoms with Crippen LogP contribution in [0.25, 0.3) is 0 Å². The number of hydrogen-bond donors (Lipinski definition) is 0. The molecule has 0 aromatic heterocycles. The number of nitrogens with zero attached hydrogens (tertiary/aromatic N) is 1. The van der Waals surface area contributed by atoms with Crippen molar-refractivity contribution in [3.05, 3.63) is 0 Å². The summed E-state index contributed by atoms with van der Waals surface area (Å²) in [4.78, 5) is 0. The molecule has 61 valence electrons. The number of nitriles is 1. The molecule has 0 aromatic carbocycles. The van der Waals surface area contributed by atoms with E-state index in [1.807, 2.05) is 6.92 Å². The number of nitrogens with one attached hydrogen (secondary N) is 1. The number of rotatable bonds is 0. The van der Waals surface area contributed by atoms with Crippen molar-refractivity contribution in [3.63, 3.8) is 0 Å². The molecule has 0 aliphatic heterocycles. The highest BCUT2D eigenvalue weighted by atomic mass is 14.8. The average Bonchev–Trinajstić information content (AvgIpc) is 2.00. The first-order valence-corrected chi connectivity index (χ1v) is 4.26. The van der Waals surface area contributed by atoms with E-state index >= 15 is 0 Å². The predicted molar refractivity (Wildman–Crippen MR) is 43.6 cm³/mol. The van der Waals surface area contributed by atoms with Crippen LogP contribution in [0.4, 0.5) is 0 Å². The smallest absolute Gasteiger partial charge is 0.121 e. The van der Waals surface area contributed by atoms with E-state index in [1.165, 1.54) is 6.42 Å². The molecule has 2 heteroatoms. The third-order valence-electron chi connectivity index (χ3n) is 3.06. The zero-order valence-corrected chi connectivity index (χ0v) is 7.22. The van der Waals surface area contributed by atoms with Gasteiger partial charge in [-0.05, 0) is 18.3 Å². The summed E-state index contributed by atoms with van der Waals surface area (Å²) >= 11 is 0. The van der Waals surface area contributed by atoms with Gasteiger partial charge in [-0.1, -0.05) is 26.7 Å². The molecule has 1 aliphatic rings. The lowest BCUT2D eigenvalue weighted by Gasteiger charge is -2.36. The third kappa shape index (κ3) is 1.39. The largest absolute Gasteiger partial charge is 0.236 e. The first-order chi connectivity index (χ1) is 5.10. The maximum Gasteiger partial charge on any atom is 0.121 e. The fraction of sp³-hybridized carbons (Fsp3) is 0.889. The molecule has 1 fully saturated rings. The fourth-order valence-corrected chi connectivity index (χ4v) is 1.82. The molecule has 0 saturated heterocycles. The lowest BCUT2D eigenvalue weighted by atomic mass is 9.70. The van der Waals surface area contributed by atoms with Crippen LogP contribution in [0.5, 0.6) is 0 Å². The van der Waals surface area contributed by atoms with Gasteiger partial charge in [-0.15, -0.1) is 0 Å². The topological polar surface area (TPSA) is 47.6 Å². The van der Waals surface area contributed by atoms with Crippen LogP contribution in [0.3, 0.4) is 0 Å². The SMILES string of the molecule is CC1CCCC([NH])(C#N)C1C. The predicted octanol–water partition coefficient (Wildman–Crippen LogP) is 1.99. The fourth-order valence-electron chi connectivity index (χ4n) is 1.82. The standard InChI is InChI=1S/C9H15N2/c1-7-4-3-5-9(11,6-10)8(7)2/h7-8,11H,3-5H2,1-2H3. The van der Waals surface area contributed by atoms with Gasteiger partial charge in [-0.25, -0.2) is 5.73 Å². The Morgan fingerprint density at radius 1 is 1.55 bits per heavy atom. The normalized spacial score (nSPS) is 44.9. The van der Waals surface area contributed by atoms with Crippen LogP contribution in [0.15, 0.2) is 0 Å². The molecule has 0 bridgehead atoms. The summed E-state index contributed by atoms with van der Waals surface area (Å²) in [6.07, 6.45) is 2.99. The van der Waals surface area contributed by atoms with Crippen molar-refractivity contribution < 1.29 is 0 Å². The molecule has 1 N–H and O–H groups in total. The summed E-state index contributed by atoms with van der Waals surface area (Å²) in [6, 6.07) is 2.13. The number of hydrogen-bond acceptors (Lipinski definition) is 1. The van der Waals surface area contributed by atoms with E-state index in [0.29, 0.717) is 5.92 Å². The zero-order valence-electron chi connectivity index (χ0n) is 7.22. The van der Waals surface area contributed by atoms with Gasteiger partial charge < -0.3 is 0 Å². The summed E-state index contributed by atoms with van der Waals surface area (Å²) in [5.74, 6) is 0.780. The second-order valence-electron chi connectivity index (χ2n) is 3.74. The summed E-state index contributed by atoms with van der Waals surface area (Å²) in [6.45, 7) is 4.17. The highest BCUT2D eigenvalue weighted by molar-refractivity contribution is 5.09. The first kappa shape index (κ1) is 8.55. The quantitative estimate of drug-likeness (QED) is 0.522. The van der Waals surface area contributed by atoms with Gasteiger partial charge >= 0.3 is 0 Å². The van der Waals surface area contributed by atoms with E-state index in [4.69, 9.17) is 11.0 Å². The van der Waals surface area contributed by atoms with Gasteiger partial charge in [0.1, 0.15) is 5.54 Å². The molecular weight excluding hydrogens is 136 g/mol. The van der Waals surface area contributed by atoms with Crippen molar-refractivity contribution in [1.82, 2.24) is 5.73 Å². The Kier molecular flexibility index (Phi) is 2.20. The van der Waals surface area contributed by atoms with Crippen LogP contribution in [0, 0.1) is 23.2 Å². The van der Waals surface area contributed by atoms with Gasteiger partial charge in [0.15, 0.2) is 0 Å². The molecule has 0 amide bonds. The van der Waals surface area contributed by atoms with Crippen LogP contribution >= 0.6 is 0 Å². The molecule has 3 atom stereocenters. The molecule has 3 unspecified atom stereocenters. The lowest BCUT2D eigenvalue weighted by Crippen LogP contribution is -2.43. The van der Waals surface area contributed by atoms with E-state index in [0.717, 1.165) is 12.8 Å². The Hall–Kier alpha value is -0.550. The summed E-state index contributed by atoms with van der Waals surface area (Å²) in [7, 11) is 0. The zero-order chi connectivity index (χ0) is 8.48. The van der Waals surface area contributed by atoms with Gasteiger partial charge in [0.05, 0.1) is 6.07 Å². The van der Waals surface area contributed by atoms with Crippen molar-refractivity contribution in [3.8, 4) is 6.07 Å². The van der Waals surface area contributed by atoms with Crippen LogP contribution in [-0.2, 0) is 0 Å². The second-order valence-corrected chi connectivity index (χ2v) is 3.74. The van der Waals surface area contributed by atoms with E-state index in [2.05, 4.69) is 13.0 Å². The Labute approximate surface area is 68.4 Å². The van der Waals surface area contributed by atoms with Gasteiger partial charge in [0.25, 0.3) is 0 Å². The van der Waals surface area contributed by atoms with Crippen molar-refractivity contribution in [2.75, 3.05) is 0 Å². The Morgan fingerprint density at radius 3 is 2.64 bits per heavy atom. The van der Waals surface area contributed by atoms with Gasteiger partial charge in [0.2, 0.25) is 0 Å². The minimum Gasteiger partial charge on any atom is -0.236 e. The molecule has 11 heavy (non-hydrogen) atoms. The van der Waals surface area contributed by atoms with Crippen molar-refractivity contribution >= 4 is 0 Å². The Balaban J connectivity index is 2.74. The molecule has 0 aromatic rings. The van der Waals surface area contributed by atoms with Crippen molar-refractivity contribution in [1.29, 1.82) is 5.26 Å². The lowest BCUT2D eigenvalue weighted by molar-refractivity contribution is 0.183.